The lowest BCUT2D eigenvalue weighted by Gasteiger charge is -2.06. The Morgan fingerprint density at radius 1 is 1.14 bits per heavy atom. The Bertz CT molecular complexity index is 1080. The Kier molecular flexibility index (Phi) is 5.11. The average molecular weight is 395 g/mol. The Morgan fingerprint density at radius 2 is 1.93 bits per heavy atom. The SMILES string of the molecule is O=C(Cn1cnc(-c2noc(-c3ccncc3)n2)c1)NCc1ccc(Cl)cc1. The highest BCUT2D eigenvalue weighted by atomic mass is 35.5. The number of hydrogen-bond donors (Lipinski definition) is 1. The second-order valence-corrected chi connectivity index (χ2v) is 6.43. The number of hydrogen-bond acceptors (Lipinski definition) is 6. The van der Waals surface area contributed by atoms with Gasteiger partial charge in [-0.3, -0.25) is 9.78 Å². The number of imidazole rings is 1. The summed E-state index contributed by atoms with van der Waals surface area (Å²) >= 11 is 5.85. The van der Waals surface area contributed by atoms with Gasteiger partial charge in [-0.2, -0.15) is 4.98 Å². The maximum absolute atomic E-state index is 12.1. The van der Waals surface area contributed by atoms with Crippen LogP contribution in [-0.2, 0) is 17.9 Å². The van der Waals surface area contributed by atoms with Crippen molar-refractivity contribution in [1.82, 2.24) is 30.0 Å². The van der Waals surface area contributed by atoms with Crippen molar-refractivity contribution in [3.63, 3.8) is 0 Å². The zero-order valence-electron chi connectivity index (χ0n) is 14.6. The van der Waals surface area contributed by atoms with Crippen molar-refractivity contribution in [2.75, 3.05) is 0 Å². The van der Waals surface area contributed by atoms with Crippen molar-refractivity contribution in [1.29, 1.82) is 0 Å². The molecule has 0 aliphatic rings. The summed E-state index contributed by atoms with van der Waals surface area (Å²) in [6.45, 7) is 0.563. The fourth-order valence-corrected chi connectivity index (χ4v) is 2.65. The van der Waals surface area contributed by atoms with Gasteiger partial charge < -0.3 is 14.4 Å². The van der Waals surface area contributed by atoms with Gasteiger partial charge in [-0.1, -0.05) is 28.9 Å². The Labute approximate surface area is 165 Å². The smallest absolute Gasteiger partial charge is 0.258 e. The van der Waals surface area contributed by atoms with Gasteiger partial charge in [0.25, 0.3) is 5.89 Å². The molecule has 0 fully saturated rings. The van der Waals surface area contributed by atoms with E-state index >= 15 is 0 Å². The quantitative estimate of drug-likeness (QED) is 0.539. The third-order valence-electron chi connectivity index (χ3n) is 3.94. The second-order valence-electron chi connectivity index (χ2n) is 5.99. The normalized spacial score (nSPS) is 10.8. The monoisotopic (exact) mass is 394 g/mol. The molecule has 1 N–H and O–H groups in total. The molecule has 140 valence electrons. The van der Waals surface area contributed by atoms with Crippen LogP contribution in [0.15, 0.2) is 65.8 Å². The van der Waals surface area contributed by atoms with Crippen LogP contribution < -0.4 is 5.32 Å². The van der Waals surface area contributed by atoms with E-state index in [0.29, 0.717) is 29.0 Å². The van der Waals surface area contributed by atoms with E-state index < -0.39 is 0 Å². The Balaban J connectivity index is 1.37. The number of pyridine rings is 1. The fourth-order valence-electron chi connectivity index (χ4n) is 2.53. The number of amides is 1. The van der Waals surface area contributed by atoms with Crippen LogP contribution in [-0.4, -0.2) is 30.6 Å². The summed E-state index contributed by atoms with van der Waals surface area (Å²) in [6, 6.07) is 10.9. The molecule has 9 heteroatoms. The Morgan fingerprint density at radius 3 is 2.71 bits per heavy atom. The van der Waals surface area contributed by atoms with Crippen LogP contribution in [0, 0.1) is 0 Å². The van der Waals surface area contributed by atoms with Crippen molar-refractivity contribution in [3.05, 3.63) is 71.9 Å². The highest BCUT2D eigenvalue weighted by Crippen LogP contribution is 2.20. The lowest BCUT2D eigenvalue weighted by Crippen LogP contribution is -2.26. The summed E-state index contributed by atoms with van der Waals surface area (Å²) in [5.74, 6) is 0.601. The van der Waals surface area contributed by atoms with E-state index in [1.54, 1.807) is 53.8 Å². The lowest BCUT2D eigenvalue weighted by molar-refractivity contribution is -0.121. The van der Waals surface area contributed by atoms with Gasteiger partial charge in [0.05, 0.1) is 6.33 Å². The molecule has 0 radical (unpaired) electrons. The molecule has 28 heavy (non-hydrogen) atoms. The largest absolute Gasteiger partial charge is 0.350 e. The van der Waals surface area contributed by atoms with Crippen LogP contribution in [0.4, 0.5) is 0 Å². The fraction of sp³-hybridized carbons (Fsp3) is 0.105. The van der Waals surface area contributed by atoms with Gasteiger partial charge in [0.1, 0.15) is 12.2 Å². The molecule has 3 heterocycles. The van der Waals surface area contributed by atoms with E-state index in [9.17, 15) is 4.79 Å². The molecule has 0 saturated heterocycles. The third kappa shape index (κ3) is 4.24. The van der Waals surface area contributed by atoms with Crippen LogP contribution in [0.3, 0.4) is 0 Å². The molecule has 3 aromatic heterocycles. The first kappa shape index (κ1) is 17.9. The van der Waals surface area contributed by atoms with Crippen LogP contribution in [0.1, 0.15) is 5.56 Å². The highest BCUT2D eigenvalue weighted by Gasteiger charge is 2.13. The highest BCUT2D eigenvalue weighted by molar-refractivity contribution is 6.30. The standard InChI is InChI=1S/C19H15ClN6O2/c20-15-3-1-13(2-4-15)9-22-17(27)11-26-10-16(23-12-26)18-24-19(28-25-18)14-5-7-21-8-6-14/h1-8,10,12H,9,11H2,(H,22,27). The van der Waals surface area contributed by atoms with Gasteiger partial charge in [-0.15, -0.1) is 0 Å². The number of benzene rings is 1. The molecule has 0 unspecified atom stereocenters. The molecular formula is C19H15ClN6O2. The van der Waals surface area contributed by atoms with Crippen LogP contribution >= 0.6 is 11.6 Å². The van der Waals surface area contributed by atoms with Crippen molar-refractivity contribution in [2.24, 2.45) is 0 Å². The minimum atomic E-state index is -0.135. The van der Waals surface area contributed by atoms with Crippen LogP contribution in [0.5, 0.6) is 0 Å². The molecule has 0 atom stereocenters. The van der Waals surface area contributed by atoms with Gasteiger partial charge in [0, 0.05) is 35.7 Å². The summed E-state index contributed by atoms with van der Waals surface area (Å²) in [5, 5.41) is 7.46. The van der Waals surface area contributed by atoms with Gasteiger partial charge >= 0.3 is 0 Å². The zero-order chi connectivity index (χ0) is 19.3. The molecule has 8 nitrogen and oxygen atoms in total. The van der Waals surface area contributed by atoms with Crippen molar-refractivity contribution in [3.8, 4) is 23.0 Å². The van der Waals surface area contributed by atoms with Crippen LogP contribution in [0.25, 0.3) is 23.0 Å². The van der Waals surface area contributed by atoms with E-state index in [4.69, 9.17) is 16.1 Å². The predicted octanol–water partition coefficient (Wildman–Crippen LogP) is 2.96. The second kappa shape index (κ2) is 8.01. The number of halogens is 1. The summed E-state index contributed by atoms with van der Waals surface area (Å²) in [5.41, 5.74) is 2.27. The molecule has 0 aliphatic heterocycles. The minimum Gasteiger partial charge on any atom is -0.350 e. The predicted molar refractivity (Wildman–Crippen MR) is 102 cm³/mol. The molecule has 4 aromatic rings. The lowest BCUT2D eigenvalue weighted by atomic mass is 10.2. The van der Waals surface area contributed by atoms with E-state index in [1.807, 2.05) is 12.1 Å². The number of carbonyl (C=O) groups is 1. The van der Waals surface area contributed by atoms with Gasteiger partial charge in [0.15, 0.2) is 0 Å². The molecule has 0 saturated carbocycles. The van der Waals surface area contributed by atoms with E-state index in [0.717, 1.165) is 11.1 Å². The number of nitrogens with one attached hydrogen (secondary N) is 1. The Hall–Kier alpha value is -3.52. The van der Waals surface area contributed by atoms with E-state index in [2.05, 4.69) is 25.4 Å². The maximum atomic E-state index is 12.1. The first-order valence-corrected chi connectivity index (χ1v) is 8.82. The molecule has 4 rings (SSSR count). The summed E-state index contributed by atoms with van der Waals surface area (Å²) in [4.78, 5) is 24.7. The average Bonchev–Trinajstić information content (AvgIpc) is 3.38. The molecular weight excluding hydrogens is 380 g/mol. The number of carbonyl (C=O) groups excluding carboxylic acids is 1. The number of aromatic nitrogens is 5. The summed E-state index contributed by atoms with van der Waals surface area (Å²) < 4.78 is 6.93. The minimum absolute atomic E-state index is 0.135. The van der Waals surface area contributed by atoms with Crippen LogP contribution in [0.2, 0.25) is 5.02 Å². The van der Waals surface area contributed by atoms with E-state index in [1.165, 1.54) is 0 Å². The number of rotatable bonds is 6. The molecule has 0 bridgehead atoms. The maximum Gasteiger partial charge on any atom is 0.258 e. The van der Waals surface area contributed by atoms with E-state index in [-0.39, 0.29) is 12.5 Å². The molecule has 0 spiro atoms. The van der Waals surface area contributed by atoms with Gasteiger partial charge in [-0.25, -0.2) is 4.98 Å². The molecule has 1 aromatic carbocycles. The first-order chi connectivity index (χ1) is 13.7. The summed E-state index contributed by atoms with van der Waals surface area (Å²) in [6.07, 6.45) is 6.55. The van der Waals surface area contributed by atoms with Gasteiger partial charge in [-0.05, 0) is 29.8 Å². The zero-order valence-corrected chi connectivity index (χ0v) is 15.4. The molecule has 1 amide bonds. The third-order valence-corrected chi connectivity index (χ3v) is 4.20. The van der Waals surface area contributed by atoms with Crippen molar-refractivity contribution in [2.45, 2.75) is 13.1 Å². The number of nitrogens with zero attached hydrogens (tertiary/aromatic N) is 5. The van der Waals surface area contributed by atoms with Crippen molar-refractivity contribution < 1.29 is 9.32 Å². The first-order valence-electron chi connectivity index (χ1n) is 8.45. The van der Waals surface area contributed by atoms with Crippen molar-refractivity contribution >= 4 is 17.5 Å². The molecule has 0 aliphatic carbocycles. The summed E-state index contributed by atoms with van der Waals surface area (Å²) in [7, 11) is 0. The van der Waals surface area contributed by atoms with Gasteiger partial charge in [0.2, 0.25) is 11.7 Å². The topological polar surface area (TPSA) is 98.7 Å².